The van der Waals surface area contributed by atoms with Crippen LogP contribution in [-0.4, -0.2) is 38.7 Å². The van der Waals surface area contributed by atoms with Crippen molar-refractivity contribution in [2.45, 2.75) is 25.5 Å². The van der Waals surface area contributed by atoms with Gasteiger partial charge in [-0.15, -0.1) is 0 Å². The molecular weight excluding hydrogens is 368 g/mol. The first-order valence-corrected chi connectivity index (χ1v) is 9.91. The third-order valence-electron chi connectivity index (χ3n) is 5.14. The smallest absolute Gasteiger partial charge is 0.290 e. The Labute approximate surface area is 170 Å². The third kappa shape index (κ3) is 4.75. The second kappa shape index (κ2) is 9.07. The molecule has 1 atom stereocenters. The van der Waals surface area contributed by atoms with Crippen LogP contribution in [0.4, 0.5) is 11.4 Å². The number of amidine groups is 1. The minimum absolute atomic E-state index is 0.0899. The van der Waals surface area contributed by atoms with Gasteiger partial charge in [0.25, 0.3) is 6.02 Å². The van der Waals surface area contributed by atoms with Crippen molar-refractivity contribution < 1.29 is 14.3 Å². The van der Waals surface area contributed by atoms with Crippen molar-refractivity contribution in [3.8, 4) is 0 Å². The number of nitrogens with one attached hydrogen (secondary N) is 3. The summed E-state index contributed by atoms with van der Waals surface area (Å²) in [6.45, 7) is 1.88. The van der Waals surface area contributed by atoms with E-state index in [2.05, 4.69) is 40.2 Å². The molecule has 0 saturated heterocycles. The molecule has 2 aromatic rings. The monoisotopic (exact) mass is 394 g/mol. The first-order valence-electron chi connectivity index (χ1n) is 9.91. The number of aryl methyl sites for hydroxylation is 1. The molecule has 1 aliphatic heterocycles. The summed E-state index contributed by atoms with van der Waals surface area (Å²) < 4.78 is 10.8. The van der Waals surface area contributed by atoms with Crippen molar-refractivity contribution in [3.05, 3.63) is 59.2 Å². The Morgan fingerprint density at radius 1 is 1.28 bits per heavy atom. The van der Waals surface area contributed by atoms with Gasteiger partial charge in [0.1, 0.15) is 6.61 Å². The zero-order chi connectivity index (χ0) is 20.1. The van der Waals surface area contributed by atoms with E-state index in [4.69, 9.17) is 14.5 Å². The predicted molar refractivity (Wildman–Crippen MR) is 113 cm³/mol. The van der Waals surface area contributed by atoms with Crippen LogP contribution in [0.3, 0.4) is 0 Å². The van der Waals surface area contributed by atoms with Crippen LogP contribution in [0.1, 0.15) is 29.2 Å². The summed E-state index contributed by atoms with van der Waals surface area (Å²) >= 11 is 0. The molecule has 2 aliphatic rings. The van der Waals surface area contributed by atoms with E-state index in [-0.39, 0.29) is 18.5 Å². The van der Waals surface area contributed by atoms with E-state index in [1.165, 1.54) is 11.1 Å². The fourth-order valence-electron chi connectivity index (χ4n) is 3.67. The summed E-state index contributed by atoms with van der Waals surface area (Å²) in [6, 6.07) is 14.9. The van der Waals surface area contributed by atoms with Gasteiger partial charge in [0, 0.05) is 30.6 Å². The third-order valence-corrected chi connectivity index (χ3v) is 5.14. The van der Waals surface area contributed by atoms with Gasteiger partial charge in [-0.1, -0.05) is 24.3 Å². The second-order valence-electron chi connectivity index (χ2n) is 7.19. The number of hydrogen-bond acceptors (Lipinski definition) is 5. The van der Waals surface area contributed by atoms with Crippen LogP contribution in [0, 0.1) is 0 Å². The molecule has 0 radical (unpaired) electrons. The van der Waals surface area contributed by atoms with E-state index in [9.17, 15) is 4.79 Å². The van der Waals surface area contributed by atoms with Crippen molar-refractivity contribution in [1.29, 1.82) is 0 Å². The first-order chi connectivity index (χ1) is 14.2. The standard InChI is InChI=1S/C22H26N4O3/c1-28-11-10-23-13-21(27)24-17-7-9-19-16(12-17)14-29-22(25-19)26-20-8-6-15-4-2-3-5-18(15)20/h2-5,7,9,12,20,23H,6,8,10-11,13-14H2,1H3,(H,24,27)(H,25,26). The topological polar surface area (TPSA) is 84.0 Å². The molecule has 7 heteroatoms. The molecule has 0 aromatic heterocycles. The van der Waals surface area contributed by atoms with Crippen molar-refractivity contribution in [2.75, 3.05) is 37.4 Å². The van der Waals surface area contributed by atoms with Crippen molar-refractivity contribution in [3.63, 3.8) is 0 Å². The number of carbonyl (C=O) groups excluding carboxylic acids is 1. The number of rotatable bonds is 7. The number of fused-ring (bicyclic) bond motifs is 2. The fraction of sp³-hybridized carbons (Fsp3) is 0.364. The Balaban J connectivity index is 1.37. The van der Waals surface area contributed by atoms with Crippen LogP contribution >= 0.6 is 0 Å². The maximum absolute atomic E-state index is 12.0. The number of benzene rings is 2. The molecule has 152 valence electrons. The summed E-state index contributed by atoms with van der Waals surface area (Å²) in [5.74, 6) is -0.0899. The number of amides is 1. The normalized spacial score (nSPS) is 18.5. The number of carbonyl (C=O) groups is 1. The van der Waals surface area contributed by atoms with Gasteiger partial charge >= 0.3 is 0 Å². The summed E-state index contributed by atoms with van der Waals surface area (Å²) in [4.78, 5) is 16.8. The number of ether oxygens (including phenoxy) is 2. The van der Waals surface area contributed by atoms with E-state index < -0.39 is 0 Å². The van der Waals surface area contributed by atoms with Gasteiger partial charge in [0.2, 0.25) is 5.91 Å². The fourth-order valence-corrected chi connectivity index (χ4v) is 3.67. The van der Waals surface area contributed by atoms with Crippen molar-refractivity contribution >= 4 is 23.3 Å². The van der Waals surface area contributed by atoms with E-state index in [1.54, 1.807) is 7.11 Å². The number of nitrogens with zero attached hydrogens (tertiary/aromatic N) is 1. The molecule has 0 saturated carbocycles. The van der Waals surface area contributed by atoms with Gasteiger partial charge in [-0.2, -0.15) is 0 Å². The maximum atomic E-state index is 12.0. The molecular formula is C22H26N4O3. The quantitative estimate of drug-likeness (QED) is 0.629. The largest absolute Gasteiger partial charge is 0.460 e. The van der Waals surface area contributed by atoms with E-state index >= 15 is 0 Å². The SMILES string of the molecule is COCCNCC(=O)Nc1ccc2c(c1)COC(=NC1CCc3ccccc31)N2. The summed E-state index contributed by atoms with van der Waals surface area (Å²) in [7, 11) is 1.63. The van der Waals surface area contributed by atoms with Crippen molar-refractivity contribution in [1.82, 2.24) is 5.32 Å². The molecule has 29 heavy (non-hydrogen) atoms. The molecule has 4 rings (SSSR count). The van der Waals surface area contributed by atoms with E-state index in [1.807, 2.05) is 18.2 Å². The van der Waals surface area contributed by atoms with Crippen molar-refractivity contribution in [2.24, 2.45) is 4.99 Å². The number of anilines is 2. The molecule has 3 N–H and O–H groups in total. The number of aliphatic imine (C=N–C) groups is 1. The average molecular weight is 394 g/mol. The van der Waals surface area contributed by atoms with Crippen LogP contribution in [0.5, 0.6) is 0 Å². The lowest BCUT2D eigenvalue weighted by Crippen LogP contribution is -2.30. The molecule has 1 heterocycles. The summed E-state index contributed by atoms with van der Waals surface area (Å²) in [5.41, 5.74) is 5.35. The molecule has 1 aliphatic carbocycles. The molecule has 0 fully saturated rings. The van der Waals surface area contributed by atoms with Gasteiger partial charge in [-0.25, -0.2) is 4.99 Å². The van der Waals surface area contributed by atoms with Crippen LogP contribution in [0.15, 0.2) is 47.5 Å². The summed E-state index contributed by atoms with van der Waals surface area (Å²) in [6.07, 6.45) is 2.06. The lowest BCUT2D eigenvalue weighted by atomic mass is 10.1. The predicted octanol–water partition coefficient (Wildman–Crippen LogP) is 2.85. The molecule has 7 nitrogen and oxygen atoms in total. The highest BCUT2D eigenvalue weighted by Gasteiger charge is 2.24. The zero-order valence-corrected chi connectivity index (χ0v) is 16.5. The molecule has 0 bridgehead atoms. The average Bonchev–Trinajstić information content (AvgIpc) is 3.14. The number of methoxy groups -OCH3 is 1. The first kappa shape index (κ1) is 19.4. The Hall–Kier alpha value is -2.90. The lowest BCUT2D eigenvalue weighted by Gasteiger charge is -2.22. The van der Waals surface area contributed by atoms with Gasteiger partial charge in [0.15, 0.2) is 0 Å². The van der Waals surface area contributed by atoms with Gasteiger partial charge in [0.05, 0.1) is 19.2 Å². The lowest BCUT2D eigenvalue weighted by molar-refractivity contribution is -0.115. The van der Waals surface area contributed by atoms with Gasteiger partial charge < -0.3 is 25.4 Å². The molecule has 1 amide bonds. The van der Waals surface area contributed by atoms with Gasteiger partial charge in [-0.05, 0) is 42.2 Å². The maximum Gasteiger partial charge on any atom is 0.290 e. The number of hydrogen-bond donors (Lipinski definition) is 3. The van der Waals surface area contributed by atoms with Gasteiger partial charge in [-0.3, -0.25) is 4.79 Å². The Kier molecular flexibility index (Phi) is 6.07. The highest BCUT2D eigenvalue weighted by atomic mass is 16.5. The van der Waals surface area contributed by atoms with E-state index in [0.29, 0.717) is 25.8 Å². The Morgan fingerprint density at radius 3 is 3.07 bits per heavy atom. The highest BCUT2D eigenvalue weighted by molar-refractivity contribution is 5.95. The summed E-state index contributed by atoms with van der Waals surface area (Å²) in [5, 5.41) is 9.19. The van der Waals surface area contributed by atoms with E-state index in [0.717, 1.165) is 29.8 Å². The van der Waals surface area contributed by atoms with Crippen LogP contribution in [0.25, 0.3) is 0 Å². The zero-order valence-electron chi connectivity index (χ0n) is 16.5. The molecule has 0 spiro atoms. The Morgan fingerprint density at radius 2 is 2.17 bits per heavy atom. The van der Waals surface area contributed by atoms with Crippen LogP contribution in [-0.2, 0) is 27.3 Å². The Bertz CT molecular complexity index is 913. The van der Waals surface area contributed by atoms with Crippen LogP contribution in [0.2, 0.25) is 0 Å². The molecule has 2 aromatic carbocycles. The van der Waals surface area contributed by atoms with Crippen LogP contribution < -0.4 is 16.0 Å². The highest BCUT2D eigenvalue weighted by Crippen LogP contribution is 2.34. The molecule has 1 unspecified atom stereocenters. The minimum atomic E-state index is -0.0899. The minimum Gasteiger partial charge on any atom is -0.460 e. The second-order valence-corrected chi connectivity index (χ2v) is 7.19.